The second-order valence-corrected chi connectivity index (χ2v) is 6.44. The first kappa shape index (κ1) is 19.0. The van der Waals surface area contributed by atoms with Crippen molar-refractivity contribution in [2.75, 3.05) is 19.7 Å². The zero-order valence-corrected chi connectivity index (χ0v) is 14.8. The van der Waals surface area contributed by atoms with E-state index in [1.54, 1.807) is 12.1 Å². The van der Waals surface area contributed by atoms with E-state index in [4.69, 9.17) is 22.1 Å². The molecule has 0 radical (unpaired) electrons. The van der Waals surface area contributed by atoms with Gasteiger partial charge in [0.15, 0.2) is 6.61 Å². The number of rotatable bonds is 5. The lowest BCUT2D eigenvalue weighted by atomic mass is 9.97. The number of hydrogen-bond donors (Lipinski definition) is 1. The predicted octanol–water partition coefficient (Wildman–Crippen LogP) is 1.93. The number of primary amides is 1. The molecule has 1 aliphatic heterocycles. The van der Waals surface area contributed by atoms with Crippen molar-refractivity contribution < 1.29 is 19.1 Å². The molecule has 7 heteroatoms. The van der Waals surface area contributed by atoms with Crippen LogP contribution in [0.5, 0.6) is 0 Å². The summed E-state index contributed by atoms with van der Waals surface area (Å²) in [5.74, 6) is -1.69. The molecule has 0 bridgehead atoms. The van der Waals surface area contributed by atoms with E-state index in [-0.39, 0.29) is 25.0 Å². The number of hydrogen-bond acceptors (Lipinski definition) is 4. The van der Waals surface area contributed by atoms with Crippen LogP contribution in [0.2, 0.25) is 5.02 Å². The van der Waals surface area contributed by atoms with Gasteiger partial charge in [0.2, 0.25) is 5.91 Å². The smallest absolute Gasteiger partial charge is 0.331 e. The molecule has 0 aliphatic carbocycles. The topological polar surface area (TPSA) is 89.7 Å². The van der Waals surface area contributed by atoms with Gasteiger partial charge in [-0.2, -0.15) is 0 Å². The van der Waals surface area contributed by atoms with Crippen LogP contribution in [0.3, 0.4) is 0 Å². The average molecular weight is 365 g/mol. The number of benzene rings is 1. The van der Waals surface area contributed by atoms with Crippen molar-refractivity contribution in [1.29, 1.82) is 0 Å². The Bertz CT molecular complexity index is 702. The van der Waals surface area contributed by atoms with Gasteiger partial charge in [-0.05, 0) is 43.0 Å². The minimum atomic E-state index is -0.617. The molecule has 1 aromatic carbocycles. The first-order valence-electron chi connectivity index (χ1n) is 8.05. The number of amides is 2. The number of piperidine rings is 1. The fourth-order valence-corrected chi connectivity index (χ4v) is 2.77. The van der Waals surface area contributed by atoms with Crippen molar-refractivity contribution in [2.24, 2.45) is 11.7 Å². The Morgan fingerprint density at radius 3 is 2.84 bits per heavy atom. The Morgan fingerprint density at radius 1 is 1.40 bits per heavy atom. The molecule has 1 atom stereocenters. The van der Waals surface area contributed by atoms with E-state index in [1.165, 1.54) is 11.0 Å². The number of esters is 1. The highest BCUT2D eigenvalue weighted by molar-refractivity contribution is 6.31. The van der Waals surface area contributed by atoms with Gasteiger partial charge in [0.05, 0.1) is 5.92 Å². The molecule has 1 aliphatic rings. The summed E-state index contributed by atoms with van der Waals surface area (Å²) >= 11 is 6.02. The molecule has 2 amide bonds. The Kier molecular flexibility index (Phi) is 6.58. The van der Waals surface area contributed by atoms with Gasteiger partial charge in [0.25, 0.3) is 5.91 Å². The van der Waals surface area contributed by atoms with Crippen LogP contribution in [0, 0.1) is 12.8 Å². The molecule has 1 heterocycles. The summed E-state index contributed by atoms with van der Waals surface area (Å²) < 4.78 is 4.96. The maximum absolute atomic E-state index is 12.1. The van der Waals surface area contributed by atoms with Crippen molar-refractivity contribution in [3.8, 4) is 0 Å². The van der Waals surface area contributed by atoms with Crippen LogP contribution in [0.1, 0.15) is 24.0 Å². The largest absolute Gasteiger partial charge is 0.452 e. The van der Waals surface area contributed by atoms with Crippen molar-refractivity contribution >= 4 is 35.5 Å². The molecule has 2 N–H and O–H groups in total. The summed E-state index contributed by atoms with van der Waals surface area (Å²) in [7, 11) is 0. The number of halogens is 1. The van der Waals surface area contributed by atoms with E-state index in [0.29, 0.717) is 24.4 Å². The molecule has 0 unspecified atom stereocenters. The zero-order chi connectivity index (χ0) is 18.4. The second-order valence-electron chi connectivity index (χ2n) is 6.03. The minimum Gasteiger partial charge on any atom is -0.452 e. The highest BCUT2D eigenvalue weighted by Gasteiger charge is 2.27. The van der Waals surface area contributed by atoms with Gasteiger partial charge in [0, 0.05) is 24.2 Å². The normalized spacial score (nSPS) is 17.5. The summed E-state index contributed by atoms with van der Waals surface area (Å²) in [5.41, 5.74) is 7.00. The Hall–Kier alpha value is -2.34. The standard InChI is InChI=1S/C18H21ClN2O4/c1-12-4-5-13(9-15(12)19)6-7-17(23)25-11-16(22)21-8-2-3-14(10-21)18(20)24/h4-7,9,14H,2-3,8,10-11H2,1H3,(H2,20,24)/b7-6+/t14-/m1/s1. The quantitative estimate of drug-likeness (QED) is 0.638. The molecular formula is C18H21ClN2O4. The molecule has 1 fully saturated rings. The first-order chi connectivity index (χ1) is 11.9. The fourth-order valence-electron chi connectivity index (χ4n) is 2.59. The SMILES string of the molecule is Cc1ccc(/C=C/C(=O)OCC(=O)N2CCC[C@@H](C(N)=O)C2)cc1Cl. The lowest BCUT2D eigenvalue weighted by Crippen LogP contribution is -2.45. The third kappa shape index (κ3) is 5.60. The van der Waals surface area contributed by atoms with Crippen LogP contribution in [0.4, 0.5) is 0 Å². The Labute approximate surface area is 151 Å². The van der Waals surface area contributed by atoms with E-state index in [0.717, 1.165) is 11.1 Å². The van der Waals surface area contributed by atoms with Crippen molar-refractivity contribution in [1.82, 2.24) is 4.90 Å². The molecule has 1 aromatic rings. The number of carbonyl (C=O) groups is 3. The minimum absolute atomic E-state index is 0.281. The van der Waals surface area contributed by atoms with Crippen LogP contribution < -0.4 is 5.73 Å². The molecule has 0 aromatic heterocycles. The maximum atomic E-state index is 12.1. The molecule has 2 rings (SSSR count). The molecule has 134 valence electrons. The molecule has 0 spiro atoms. The molecule has 25 heavy (non-hydrogen) atoms. The van der Waals surface area contributed by atoms with Crippen LogP contribution in [-0.4, -0.2) is 42.4 Å². The lowest BCUT2D eigenvalue weighted by molar-refractivity contribution is -0.149. The number of carbonyl (C=O) groups excluding carboxylic acids is 3. The monoisotopic (exact) mass is 364 g/mol. The first-order valence-corrected chi connectivity index (χ1v) is 8.42. The predicted molar refractivity (Wildman–Crippen MR) is 94.7 cm³/mol. The van der Waals surface area contributed by atoms with E-state index in [1.807, 2.05) is 19.1 Å². The van der Waals surface area contributed by atoms with Gasteiger partial charge >= 0.3 is 5.97 Å². The van der Waals surface area contributed by atoms with Crippen LogP contribution >= 0.6 is 11.6 Å². The van der Waals surface area contributed by atoms with Gasteiger partial charge in [-0.1, -0.05) is 23.7 Å². The van der Waals surface area contributed by atoms with E-state index in [2.05, 4.69) is 0 Å². The summed E-state index contributed by atoms with van der Waals surface area (Å²) in [6, 6.07) is 5.42. The van der Waals surface area contributed by atoms with Crippen LogP contribution in [0.15, 0.2) is 24.3 Å². The van der Waals surface area contributed by atoms with Crippen molar-refractivity contribution in [3.63, 3.8) is 0 Å². The average Bonchev–Trinajstić information content (AvgIpc) is 2.60. The van der Waals surface area contributed by atoms with Crippen molar-refractivity contribution in [3.05, 3.63) is 40.4 Å². The number of likely N-dealkylation sites (tertiary alicyclic amines) is 1. The van der Waals surface area contributed by atoms with E-state index >= 15 is 0 Å². The van der Waals surface area contributed by atoms with Gasteiger partial charge in [-0.15, -0.1) is 0 Å². The summed E-state index contributed by atoms with van der Waals surface area (Å²) in [6.45, 7) is 2.35. The molecule has 6 nitrogen and oxygen atoms in total. The highest BCUT2D eigenvalue weighted by Crippen LogP contribution is 2.18. The molecule has 1 saturated heterocycles. The van der Waals surface area contributed by atoms with Gasteiger partial charge in [-0.3, -0.25) is 9.59 Å². The third-order valence-electron chi connectivity index (χ3n) is 4.12. The number of nitrogens with zero attached hydrogens (tertiary/aromatic N) is 1. The highest BCUT2D eigenvalue weighted by atomic mass is 35.5. The van der Waals surface area contributed by atoms with Gasteiger partial charge in [0.1, 0.15) is 0 Å². The second kappa shape index (κ2) is 8.67. The number of aryl methyl sites for hydroxylation is 1. The number of ether oxygens (including phenoxy) is 1. The Balaban J connectivity index is 1.82. The third-order valence-corrected chi connectivity index (χ3v) is 4.53. The lowest BCUT2D eigenvalue weighted by Gasteiger charge is -2.30. The molecule has 0 saturated carbocycles. The van der Waals surface area contributed by atoms with Gasteiger partial charge in [-0.25, -0.2) is 4.79 Å². The maximum Gasteiger partial charge on any atom is 0.331 e. The van der Waals surface area contributed by atoms with E-state index < -0.39 is 11.9 Å². The summed E-state index contributed by atoms with van der Waals surface area (Å²) in [6.07, 6.45) is 4.21. The summed E-state index contributed by atoms with van der Waals surface area (Å²) in [4.78, 5) is 36.6. The number of nitrogens with two attached hydrogens (primary N) is 1. The zero-order valence-electron chi connectivity index (χ0n) is 14.0. The Morgan fingerprint density at radius 2 is 2.16 bits per heavy atom. The van der Waals surface area contributed by atoms with Crippen molar-refractivity contribution in [2.45, 2.75) is 19.8 Å². The van der Waals surface area contributed by atoms with Gasteiger partial charge < -0.3 is 15.4 Å². The van der Waals surface area contributed by atoms with E-state index in [9.17, 15) is 14.4 Å². The summed E-state index contributed by atoms with van der Waals surface area (Å²) in [5, 5.41) is 0.611. The molecular weight excluding hydrogens is 344 g/mol. The van der Waals surface area contributed by atoms with Crippen LogP contribution in [0.25, 0.3) is 6.08 Å². The fraction of sp³-hybridized carbons (Fsp3) is 0.389. The van der Waals surface area contributed by atoms with Crippen LogP contribution in [-0.2, 0) is 19.1 Å².